The summed E-state index contributed by atoms with van der Waals surface area (Å²) >= 11 is 0. The highest BCUT2D eigenvalue weighted by Gasteiger charge is 2.65. The van der Waals surface area contributed by atoms with Crippen LogP contribution in [0, 0.1) is 0 Å². The Bertz CT molecular complexity index is 671. The van der Waals surface area contributed by atoms with Gasteiger partial charge in [0.1, 0.15) is 5.82 Å². The maximum atomic E-state index is 13.1. The van der Waals surface area contributed by atoms with Gasteiger partial charge in [-0.1, -0.05) is 0 Å². The summed E-state index contributed by atoms with van der Waals surface area (Å²) in [5, 5.41) is 6.23. The fraction of sp³-hybridized carbons (Fsp3) is 0.182. The van der Waals surface area contributed by atoms with Crippen LogP contribution >= 0.6 is 0 Å². The molecule has 5 nitrogen and oxygen atoms in total. The van der Waals surface area contributed by atoms with Gasteiger partial charge >= 0.3 is 12.2 Å². The molecule has 0 atom stereocenters. The number of rotatable bonds is 1. The fourth-order valence-electron chi connectivity index (χ4n) is 1.72. The molecule has 2 heterocycles. The van der Waals surface area contributed by atoms with E-state index < -0.39 is 23.7 Å². The van der Waals surface area contributed by atoms with Crippen LogP contribution in [0.25, 0.3) is 11.3 Å². The van der Waals surface area contributed by atoms with Crippen LogP contribution in [0.15, 0.2) is 24.3 Å². The number of nitrogens with zero attached hydrogens (tertiary/aromatic N) is 1. The van der Waals surface area contributed by atoms with Gasteiger partial charge in [-0.3, -0.25) is 5.10 Å². The number of nitrogens with one attached hydrogen (secondary N) is 1. The number of ether oxygens (including phenoxy) is 2. The van der Waals surface area contributed by atoms with E-state index in [0.29, 0.717) is 11.3 Å². The number of halogens is 4. The second kappa shape index (κ2) is 3.78. The number of nitrogens with two attached hydrogens (primary N) is 1. The van der Waals surface area contributed by atoms with Gasteiger partial charge in [0.05, 0.1) is 5.69 Å². The number of anilines is 1. The van der Waals surface area contributed by atoms with E-state index in [1.807, 2.05) is 0 Å². The predicted octanol–water partition coefficient (Wildman–Crippen LogP) is 2.62. The number of aromatic amines is 1. The monoisotopic (exact) mass is 289 g/mol. The van der Waals surface area contributed by atoms with E-state index in [-0.39, 0.29) is 5.82 Å². The number of alkyl halides is 4. The molecule has 0 saturated carbocycles. The number of aromatic nitrogens is 2. The average molecular weight is 289 g/mol. The van der Waals surface area contributed by atoms with Crippen LogP contribution in [-0.2, 0) is 0 Å². The third-order valence-electron chi connectivity index (χ3n) is 2.67. The molecule has 0 fully saturated rings. The third kappa shape index (κ3) is 1.82. The lowest BCUT2D eigenvalue weighted by Gasteiger charge is -2.31. The SMILES string of the molecule is Nc1cc(-c2ccc3c(c2)OC(F)(F)C(F)(F)O3)[nH]n1. The molecule has 0 bridgehead atoms. The van der Waals surface area contributed by atoms with Crippen LogP contribution < -0.4 is 15.2 Å². The van der Waals surface area contributed by atoms with Crippen molar-refractivity contribution in [3.05, 3.63) is 24.3 Å². The first-order chi connectivity index (χ1) is 9.28. The molecular weight excluding hydrogens is 282 g/mol. The number of H-pyrrole nitrogens is 1. The molecule has 0 saturated heterocycles. The Morgan fingerprint density at radius 3 is 2.25 bits per heavy atom. The Balaban J connectivity index is 2.03. The summed E-state index contributed by atoms with van der Waals surface area (Å²) in [7, 11) is 0. The summed E-state index contributed by atoms with van der Waals surface area (Å²) in [4.78, 5) is 0. The zero-order valence-corrected chi connectivity index (χ0v) is 9.66. The Labute approximate surface area is 109 Å². The first-order valence-electron chi connectivity index (χ1n) is 5.37. The van der Waals surface area contributed by atoms with Crippen LogP contribution in [0.1, 0.15) is 0 Å². The number of fused-ring (bicyclic) bond motifs is 1. The molecule has 9 heteroatoms. The highest BCUT2D eigenvalue weighted by molar-refractivity contribution is 5.66. The molecule has 0 aliphatic carbocycles. The molecule has 0 unspecified atom stereocenters. The van der Waals surface area contributed by atoms with Gasteiger partial charge in [0.2, 0.25) is 0 Å². The predicted molar refractivity (Wildman–Crippen MR) is 59.6 cm³/mol. The van der Waals surface area contributed by atoms with Crippen LogP contribution in [0.3, 0.4) is 0 Å². The van der Waals surface area contributed by atoms with Crippen molar-refractivity contribution in [2.45, 2.75) is 12.2 Å². The van der Waals surface area contributed by atoms with Crippen molar-refractivity contribution in [1.82, 2.24) is 10.2 Å². The van der Waals surface area contributed by atoms with Crippen molar-refractivity contribution in [1.29, 1.82) is 0 Å². The van der Waals surface area contributed by atoms with Gasteiger partial charge in [0.15, 0.2) is 11.5 Å². The lowest BCUT2D eigenvalue weighted by Crippen LogP contribution is -2.52. The average Bonchev–Trinajstić information content (AvgIpc) is 2.76. The molecule has 20 heavy (non-hydrogen) atoms. The van der Waals surface area contributed by atoms with E-state index in [1.165, 1.54) is 12.1 Å². The molecule has 0 amide bonds. The van der Waals surface area contributed by atoms with Gasteiger partial charge in [0, 0.05) is 11.6 Å². The molecule has 0 spiro atoms. The fourth-order valence-corrected chi connectivity index (χ4v) is 1.72. The number of hydrogen-bond acceptors (Lipinski definition) is 4. The quantitative estimate of drug-likeness (QED) is 0.791. The van der Waals surface area contributed by atoms with Crippen LogP contribution in [0.4, 0.5) is 23.4 Å². The molecule has 0 radical (unpaired) electrons. The Morgan fingerprint density at radius 2 is 1.65 bits per heavy atom. The molecule has 3 N–H and O–H groups in total. The van der Waals surface area contributed by atoms with Gasteiger partial charge in [-0.2, -0.15) is 22.7 Å². The minimum Gasteiger partial charge on any atom is -0.421 e. The summed E-state index contributed by atoms with van der Waals surface area (Å²) < 4.78 is 60.0. The van der Waals surface area contributed by atoms with Gasteiger partial charge in [-0.05, 0) is 18.2 Å². The molecule has 1 aliphatic heterocycles. The van der Waals surface area contributed by atoms with Gasteiger partial charge < -0.3 is 15.2 Å². The topological polar surface area (TPSA) is 73.2 Å². The highest BCUT2D eigenvalue weighted by atomic mass is 19.3. The Morgan fingerprint density at radius 1 is 1.00 bits per heavy atom. The molecule has 1 aliphatic rings. The van der Waals surface area contributed by atoms with E-state index in [1.54, 1.807) is 0 Å². The lowest BCUT2D eigenvalue weighted by molar-refractivity contribution is -0.391. The summed E-state index contributed by atoms with van der Waals surface area (Å²) in [6.07, 6.45) is -9.47. The molecule has 1 aromatic carbocycles. The molecule has 1 aromatic heterocycles. The summed E-state index contributed by atoms with van der Waals surface area (Å²) in [5.41, 5.74) is 6.23. The zero-order chi connectivity index (χ0) is 14.5. The summed E-state index contributed by atoms with van der Waals surface area (Å²) in [6.45, 7) is 0. The molecule has 2 aromatic rings. The molecular formula is C11H7F4N3O2. The second-order valence-corrected chi connectivity index (χ2v) is 4.11. The Hall–Kier alpha value is -2.45. The van der Waals surface area contributed by atoms with Gasteiger partial charge in [-0.25, -0.2) is 0 Å². The maximum absolute atomic E-state index is 13.1. The van der Waals surface area contributed by atoms with Crippen LogP contribution in [0.2, 0.25) is 0 Å². The van der Waals surface area contributed by atoms with E-state index in [2.05, 4.69) is 19.7 Å². The first-order valence-corrected chi connectivity index (χ1v) is 5.37. The maximum Gasteiger partial charge on any atom is 0.507 e. The van der Waals surface area contributed by atoms with Crippen molar-refractivity contribution in [2.24, 2.45) is 0 Å². The van der Waals surface area contributed by atoms with Crippen molar-refractivity contribution in [3.8, 4) is 22.8 Å². The largest absolute Gasteiger partial charge is 0.507 e. The van der Waals surface area contributed by atoms with Gasteiger partial charge in [0.25, 0.3) is 0 Å². The van der Waals surface area contributed by atoms with E-state index >= 15 is 0 Å². The zero-order valence-electron chi connectivity index (χ0n) is 9.66. The third-order valence-corrected chi connectivity index (χ3v) is 2.67. The van der Waals surface area contributed by atoms with Crippen LogP contribution in [-0.4, -0.2) is 22.4 Å². The van der Waals surface area contributed by atoms with Crippen molar-refractivity contribution in [2.75, 3.05) is 5.73 Å². The summed E-state index contributed by atoms with van der Waals surface area (Å²) in [5.74, 6) is -0.768. The van der Waals surface area contributed by atoms with Gasteiger partial charge in [-0.15, -0.1) is 0 Å². The second-order valence-electron chi connectivity index (χ2n) is 4.11. The van der Waals surface area contributed by atoms with Crippen molar-refractivity contribution in [3.63, 3.8) is 0 Å². The van der Waals surface area contributed by atoms with E-state index in [4.69, 9.17) is 5.73 Å². The number of nitrogen functional groups attached to an aromatic ring is 1. The minimum atomic E-state index is -4.74. The number of hydrogen-bond donors (Lipinski definition) is 2. The van der Waals surface area contributed by atoms with E-state index in [0.717, 1.165) is 12.1 Å². The first kappa shape index (κ1) is 12.6. The molecule has 106 valence electrons. The minimum absolute atomic E-state index is 0.201. The van der Waals surface area contributed by atoms with Crippen molar-refractivity contribution < 1.29 is 27.0 Å². The Kier molecular flexibility index (Phi) is 2.38. The highest BCUT2D eigenvalue weighted by Crippen LogP contribution is 2.47. The number of benzene rings is 1. The normalized spacial score (nSPS) is 18.8. The lowest BCUT2D eigenvalue weighted by atomic mass is 10.1. The standard InChI is InChI=1S/C11H7F4N3O2/c12-10(13)11(14,15)20-8-3-5(1-2-7(8)19-10)6-4-9(16)18-17-6/h1-4H,(H3,16,17,18). The van der Waals surface area contributed by atoms with Crippen molar-refractivity contribution >= 4 is 5.82 Å². The smallest absolute Gasteiger partial charge is 0.421 e. The van der Waals surface area contributed by atoms with Crippen LogP contribution in [0.5, 0.6) is 11.5 Å². The molecule has 3 rings (SSSR count). The summed E-state index contributed by atoms with van der Waals surface area (Å²) in [6, 6.07) is 5.07. The van der Waals surface area contributed by atoms with E-state index in [9.17, 15) is 17.6 Å².